The summed E-state index contributed by atoms with van der Waals surface area (Å²) in [6, 6.07) is 10.1. The Labute approximate surface area is 121 Å². The van der Waals surface area contributed by atoms with Crippen LogP contribution in [0.15, 0.2) is 42.6 Å². The van der Waals surface area contributed by atoms with Crippen molar-refractivity contribution in [2.24, 2.45) is 0 Å². The molecule has 1 aromatic heterocycles. The zero-order chi connectivity index (χ0) is 15.2. The van der Waals surface area contributed by atoms with Crippen molar-refractivity contribution in [2.45, 2.75) is 6.92 Å². The summed E-state index contributed by atoms with van der Waals surface area (Å²) in [6.45, 7) is 1.73. The lowest BCUT2D eigenvalue weighted by atomic mass is 10.2. The average molecular weight is 286 g/mol. The number of aromatic carboxylic acids is 1. The molecule has 0 fully saturated rings. The van der Waals surface area contributed by atoms with Crippen LogP contribution in [0.1, 0.15) is 15.9 Å². The number of nitrogens with one attached hydrogen (secondary N) is 1. The monoisotopic (exact) mass is 286 g/mol. The molecule has 0 aliphatic heterocycles. The van der Waals surface area contributed by atoms with E-state index >= 15 is 0 Å². The first-order valence-electron chi connectivity index (χ1n) is 6.24. The Morgan fingerprint density at radius 1 is 1.24 bits per heavy atom. The van der Waals surface area contributed by atoms with Crippen molar-refractivity contribution in [3.63, 3.8) is 0 Å². The highest BCUT2D eigenvalue weighted by Gasteiger charge is 2.13. The Morgan fingerprint density at radius 2 is 1.95 bits per heavy atom. The Hall–Kier alpha value is -2.89. The highest BCUT2D eigenvalue weighted by Crippen LogP contribution is 2.13. The van der Waals surface area contributed by atoms with E-state index < -0.39 is 11.9 Å². The smallest absolute Gasteiger partial charge is 0.339 e. The highest BCUT2D eigenvalue weighted by molar-refractivity contribution is 5.99. The number of aromatic nitrogens is 1. The fourth-order valence-electron chi connectivity index (χ4n) is 1.63. The number of hydrogen-bond acceptors (Lipinski definition) is 4. The SMILES string of the molecule is Cc1ccc(OCC(=O)Nc2ncccc2C(=O)O)cc1. The Kier molecular flexibility index (Phi) is 4.50. The van der Waals surface area contributed by atoms with Crippen molar-refractivity contribution in [3.05, 3.63) is 53.7 Å². The fourth-order valence-corrected chi connectivity index (χ4v) is 1.63. The van der Waals surface area contributed by atoms with Crippen molar-refractivity contribution in [1.82, 2.24) is 4.98 Å². The van der Waals surface area contributed by atoms with Crippen LogP contribution in [0.4, 0.5) is 5.82 Å². The minimum atomic E-state index is -1.15. The summed E-state index contributed by atoms with van der Waals surface area (Å²) >= 11 is 0. The molecule has 0 saturated heterocycles. The second kappa shape index (κ2) is 6.51. The van der Waals surface area contributed by atoms with Gasteiger partial charge in [-0.05, 0) is 31.2 Å². The van der Waals surface area contributed by atoms with Gasteiger partial charge >= 0.3 is 5.97 Å². The predicted molar refractivity (Wildman–Crippen MR) is 76.5 cm³/mol. The molecule has 0 radical (unpaired) electrons. The van der Waals surface area contributed by atoms with E-state index in [0.29, 0.717) is 5.75 Å². The standard InChI is InChI=1S/C15H14N2O4/c1-10-4-6-11(7-5-10)21-9-13(18)17-14-12(15(19)20)3-2-8-16-14/h2-8H,9H2,1H3,(H,19,20)(H,16,17,18). The van der Waals surface area contributed by atoms with Gasteiger partial charge in [0.1, 0.15) is 17.1 Å². The summed E-state index contributed by atoms with van der Waals surface area (Å²) < 4.78 is 5.31. The average Bonchev–Trinajstić information content (AvgIpc) is 2.47. The number of carbonyl (C=O) groups excluding carboxylic acids is 1. The number of carbonyl (C=O) groups is 2. The number of benzene rings is 1. The molecule has 0 saturated carbocycles. The van der Waals surface area contributed by atoms with Crippen LogP contribution in [0.2, 0.25) is 0 Å². The lowest BCUT2D eigenvalue weighted by Crippen LogP contribution is -2.22. The van der Waals surface area contributed by atoms with Gasteiger partial charge < -0.3 is 15.2 Å². The van der Waals surface area contributed by atoms with E-state index in [2.05, 4.69) is 10.3 Å². The minimum Gasteiger partial charge on any atom is -0.484 e. The Bertz CT molecular complexity index is 653. The Morgan fingerprint density at radius 3 is 2.62 bits per heavy atom. The number of rotatable bonds is 5. The molecule has 21 heavy (non-hydrogen) atoms. The van der Waals surface area contributed by atoms with E-state index in [0.717, 1.165) is 5.56 Å². The van der Waals surface area contributed by atoms with Gasteiger partial charge in [-0.3, -0.25) is 4.79 Å². The van der Waals surface area contributed by atoms with E-state index in [-0.39, 0.29) is 18.0 Å². The first-order valence-corrected chi connectivity index (χ1v) is 6.24. The van der Waals surface area contributed by atoms with E-state index in [1.807, 2.05) is 19.1 Å². The predicted octanol–water partition coefficient (Wildman–Crippen LogP) is 2.11. The van der Waals surface area contributed by atoms with Gasteiger partial charge in [0.2, 0.25) is 0 Å². The molecule has 6 heteroatoms. The van der Waals surface area contributed by atoms with E-state index in [9.17, 15) is 9.59 Å². The van der Waals surface area contributed by atoms with Crippen molar-refractivity contribution >= 4 is 17.7 Å². The van der Waals surface area contributed by atoms with Crippen LogP contribution >= 0.6 is 0 Å². The molecule has 0 atom stereocenters. The molecule has 108 valence electrons. The molecule has 0 unspecified atom stereocenters. The van der Waals surface area contributed by atoms with Crippen LogP contribution in [0.3, 0.4) is 0 Å². The van der Waals surface area contributed by atoms with Gasteiger partial charge in [0.05, 0.1) is 0 Å². The molecular formula is C15H14N2O4. The quantitative estimate of drug-likeness (QED) is 0.878. The molecule has 2 rings (SSSR count). The van der Waals surface area contributed by atoms with Gasteiger partial charge in [0.15, 0.2) is 6.61 Å². The normalized spacial score (nSPS) is 9.95. The zero-order valence-electron chi connectivity index (χ0n) is 11.4. The van der Waals surface area contributed by atoms with Crippen molar-refractivity contribution < 1.29 is 19.4 Å². The van der Waals surface area contributed by atoms with Gasteiger partial charge in [-0.15, -0.1) is 0 Å². The van der Waals surface area contributed by atoms with Crippen molar-refractivity contribution in [1.29, 1.82) is 0 Å². The lowest BCUT2D eigenvalue weighted by molar-refractivity contribution is -0.118. The molecular weight excluding hydrogens is 272 g/mol. The van der Waals surface area contributed by atoms with Crippen LogP contribution in [-0.4, -0.2) is 28.6 Å². The highest BCUT2D eigenvalue weighted by atomic mass is 16.5. The molecule has 1 amide bonds. The third-order valence-corrected chi connectivity index (χ3v) is 2.69. The maximum atomic E-state index is 11.8. The second-order valence-corrected chi connectivity index (χ2v) is 4.35. The van der Waals surface area contributed by atoms with Crippen molar-refractivity contribution in [2.75, 3.05) is 11.9 Å². The number of anilines is 1. The van der Waals surface area contributed by atoms with Crippen LogP contribution in [0.5, 0.6) is 5.75 Å². The molecule has 1 heterocycles. The van der Waals surface area contributed by atoms with E-state index in [1.54, 1.807) is 12.1 Å². The molecule has 0 spiro atoms. The number of aryl methyl sites for hydroxylation is 1. The van der Waals surface area contributed by atoms with Crippen LogP contribution in [0, 0.1) is 6.92 Å². The van der Waals surface area contributed by atoms with Gasteiger partial charge in [0, 0.05) is 6.20 Å². The number of ether oxygens (including phenoxy) is 1. The molecule has 1 aromatic carbocycles. The van der Waals surface area contributed by atoms with Gasteiger partial charge in [-0.25, -0.2) is 9.78 Å². The largest absolute Gasteiger partial charge is 0.484 e. The van der Waals surface area contributed by atoms with Crippen LogP contribution in [-0.2, 0) is 4.79 Å². The molecule has 2 N–H and O–H groups in total. The summed E-state index contributed by atoms with van der Waals surface area (Å²) in [5.41, 5.74) is 1.02. The lowest BCUT2D eigenvalue weighted by Gasteiger charge is -2.08. The molecule has 6 nitrogen and oxygen atoms in total. The summed E-state index contributed by atoms with van der Waals surface area (Å²) in [6.07, 6.45) is 1.41. The van der Waals surface area contributed by atoms with Gasteiger partial charge in [-0.2, -0.15) is 0 Å². The zero-order valence-corrected chi connectivity index (χ0v) is 11.4. The molecule has 0 bridgehead atoms. The molecule has 0 aliphatic carbocycles. The Balaban J connectivity index is 1.96. The number of pyridine rings is 1. The topological polar surface area (TPSA) is 88.5 Å². The fraction of sp³-hybridized carbons (Fsp3) is 0.133. The van der Waals surface area contributed by atoms with E-state index in [4.69, 9.17) is 9.84 Å². The summed E-state index contributed by atoms with van der Waals surface area (Å²) in [5, 5.41) is 11.4. The van der Waals surface area contributed by atoms with Crippen LogP contribution in [0.25, 0.3) is 0 Å². The third-order valence-electron chi connectivity index (χ3n) is 2.69. The van der Waals surface area contributed by atoms with Gasteiger partial charge in [-0.1, -0.05) is 17.7 Å². The maximum absolute atomic E-state index is 11.8. The number of hydrogen-bond donors (Lipinski definition) is 2. The first-order chi connectivity index (χ1) is 10.1. The second-order valence-electron chi connectivity index (χ2n) is 4.35. The maximum Gasteiger partial charge on any atom is 0.339 e. The number of amides is 1. The molecule has 2 aromatic rings. The van der Waals surface area contributed by atoms with Crippen molar-refractivity contribution in [3.8, 4) is 5.75 Å². The summed E-state index contributed by atoms with van der Waals surface area (Å²) in [7, 11) is 0. The number of carboxylic acid groups (broad SMARTS) is 1. The third kappa shape index (κ3) is 4.04. The summed E-state index contributed by atoms with van der Waals surface area (Å²) in [5.74, 6) is -1.06. The summed E-state index contributed by atoms with van der Waals surface area (Å²) in [4.78, 5) is 26.6. The minimum absolute atomic E-state index is 0.00232. The molecule has 0 aliphatic rings. The van der Waals surface area contributed by atoms with Crippen LogP contribution < -0.4 is 10.1 Å². The number of nitrogens with zero attached hydrogens (tertiary/aromatic N) is 1. The van der Waals surface area contributed by atoms with E-state index in [1.165, 1.54) is 18.3 Å². The van der Waals surface area contributed by atoms with Gasteiger partial charge in [0.25, 0.3) is 5.91 Å². The number of carboxylic acids is 1. The first kappa shape index (κ1) is 14.5.